The Labute approximate surface area is 158 Å². The molecule has 1 aliphatic heterocycles. The number of nitrogens with zero attached hydrogens (tertiary/aromatic N) is 3. The summed E-state index contributed by atoms with van der Waals surface area (Å²) in [6.07, 6.45) is 3.52. The molecule has 1 aliphatic rings. The maximum absolute atomic E-state index is 13.2. The molecule has 0 radical (unpaired) electrons. The van der Waals surface area contributed by atoms with E-state index in [2.05, 4.69) is 4.98 Å². The molecule has 0 N–H and O–H groups in total. The first kappa shape index (κ1) is 17.4. The number of hydrogen-bond acceptors (Lipinski definition) is 4. The number of hydrogen-bond donors (Lipinski definition) is 0. The maximum atomic E-state index is 13.2. The SMILES string of the molecule is CCc1nc(C(=O)N2CCc3cc(OC)c(OC)cc3C2)c2ccccn12. The lowest BCUT2D eigenvalue weighted by Crippen LogP contribution is -2.36. The van der Waals surface area contributed by atoms with Crippen LogP contribution in [0.15, 0.2) is 36.5 Å². The second-order valence-corrected chi connectivity index (χ2v) is 6.64. The van der Waals surface area contributed by atoms with Gasteiger partial charge in [0.1, 0.15) is 5.82 Å². The first-order valence-corrected chi connectivity index (χ1v) is 9.15. The van der Waals surface area contributed by atoms with E-state index in [4.69, 9.17) is 9.47 Å². The van der Waals surface area contributed by atoms with Crippen molar-refractivity contribution in [1.82, 2.24) is 14.3 Å². The second-order valence-electron chi connectivity index (χ2n) is 6.64. The van der Waals surface area contributed by atoms with E-state index in [1.54, 1.807) is 14.2 Å². The van der Waals surface area contributed by atoms with Crippen molar-refractivity contribution >= 4 is 11.4 Å². The highest BCUT2D eigenvalue weighted by Crippen LogP contribution is 2.33. The zero-order chi connectivity index (χ0) is 19.0. The van der Waals surface area contributed by atoms with Crippen LogP contribution in [0.2, 0.25) is 0 Å². The number of benzene rings is 1. The highest BCUT2D eigenvalue weighted by Gasteiger charge is 2.27. The van der Waals surface area contributed by atoms with Gasteiger partial charge in [-0.25, -0.2) is 4.98 Å². The number of aryl methyl sites for hydroxylation is 1. The van der Waals surface area contributed by atoms with Crippen LogP contribution in [0, 0.1) is 0 Å². The average Bonchev–Trinajstić information content (AvgIpc) is 3.10. The summed E-state index contributed by atoms with van der Waals surface area (Å²) in [7, 11) is 3.26. The zero-order valence-electron chi connectivity index (χ0n) is 15.9. The summed E-state index contributed by atoms with van der Waals surface area (Å²) in [5.41, 5.74) is 3.67. The van der Waals surface area contributed by atoms with Gasteiger partial charge in [-0.1, -0.05) is 13.0 Å². The van der Waals surface area contributed by atoms with Crippen molar-refractivity contribution in [3.05, 3.63) is 59.2 Å². The average molecular weight is 365 g/mol. The fourth-order valence-corrected chi connectivity index (χ4v) is 3.71. The summed E-state index contributed by atoms with van der Waals surface area (Å²) < 4.78 is 12.8. The lowest BCUT2D eigenvalue weighted by molar-refractivity contribution is 0.0731. The summed E-state index contributed by atoms with van der Waals surface area (Å²) in [5, 5.41) is 0. The van der Waals surface area contributed by atoms with Crippen molar-refractivity contribution in [2.75, 3.05) is 20.8 Å². The molecule has 2 aromatic heterocycles. The van der Waals surface area contributed by atoms with Crippen LogP contribution in [0.3, 0.4) is 0 Å². The van der Waals surface area contributed by atoms with Crippen LogP contribution >= 0.6 is 0 Å². The van der Waals surface area contributed by atoms with Gasteiger partial charge in [0.25, 0.3) is 5.91 Å². The third-order valence-corrected chi connectivity index (χ3v) is 5.15. The van der Waals surface area contributed by atoms with Crippen molar-refractivity contribution in [2.24, 2.45) is 0 Å². The van der Waals surface area contributed by atoms with Crippen LogP contribution in [0.1, 0.15) is 34.4 Å². The number of carbonyl (C=O) groups is 1. The first-order valence-electron chi connectivity index (χ1n) is 9.15. The molecule has 6 heteroatoms. The van der Waals surface area contributed by atoms with E-state index in [1.807, 2.05) is 52.8 Å². The van der Waals surface area contributed by atoms with E-state index in [9.17, 15) is 4.79 Å². The molecule has 0 saturated carbocycles. The van der Waals surface area contributed by atoms with Crippen molar-refractivity contribution in [3.8, 4) is 11.5 Å². The van der Waals surface area contributed by atoms with Crippen LogP contribution in [-0.2, 0) is 19.4 Å². The molecule has 3 aromatic rings. The van der Waals surface area contributed by atoms with E-state index in [0.29, 0.717) is 24.5 Å². The number of aromatic nitrogens is 2. The Morgan fingerprint density at radius 2 is 1.89 bits per heavy atom. The number of rotatable bonds is 4. The van der Waals surface area contributed by atoms with Gasteiger partial charge in [-0.05, 0) is 41.8 Å². The molecule has 1 aromatic carbocycles. The Morgan fingerprint density at radius 3 is 2.59 bits per heavy atom. The highest BCUT2D eigenvalue weighted by atomic mass is 16.5. The van der Waals surface area contributed by atoms with Crippen LogP contribution in [0.4, 0.5) is 0 Å². The maximum Gasteiger partial charge on any atom is 0.275 e. The molecule has 140 valence electrons. The van der Waals surface area contributed by atoms with Crippen molar-refractivity contribution < 1.29 is 14.3 Å². The highest BCUT2D eigenvalue weighted by molar-refractivity contribution is 5.99. The van der Waals surface area contributed by atoms with Crippen molar-refractivity contribution in [3.63, 3.8) is 0 Å². The van der Waals surface area contributed by atoms with Gasteiger partial charge in [0.15, 0.2) is 17.2 Å². The number of imidazole rings is 1. The number of carbonyl (C=O) groups excluding carboxylic acids is 1. The molecule has 27 heavy (non-hydrogen) atoms. The summed E-state index contributed by atoms with van der Waals surface area (Å²) in [5.74, 6) is 2.28. The predicted octanol–water partition coefficient (Wildman–Crippen LogP) is 3.11. The van der Waals surface area contributed by atoms with Crippen molar-refractivity contribution in [1.29, 1.82) is 0 Å². The van der Waals surface area contributed by atoms with Crippen LogP contribution in [0.25, 0.3) is 5.52 Å². The van der Waals surface area contributed by atoms with Gasteiger partial charge < -0.3 is 18.8 Å². The van der Waals surface area contributed by atoms with E-state index in [1.165, 1.54) is 5.56 Å². The summed E-state index contributed by atoms with van der Waals surface area (Å²) in [6.45, 7) is 3.25. The minimum atomic E-state index is -0.0289. The largest absolute Gasteiger partial charge is 0.493 e. The van der Waals surface area contributed by atoms with Crippen LogP contribution in [-0.4, -0.2) is 41.0 Å². The number of fused-ring (bicyclic) bond motifs is 2. The normalized spacial score (nSPS) is 13.5. The van der Waals surface area contributed by atoms with Gasteiger partial charge in [-0.2, -0.15) is 0 Å². The molecule has 0 saturated heterocycles. The van der Waals surface area contributed by atoms with Gasteiger partial charge in [-0.3, -0.25) is 4.79 Å². The Bertz CT molecular complexity index is 1010. The van der Waals surface area contributed by atoms with Crippen LogP contribution in [0.5, 0.6) is 11.5 Å². The van der Waals surface area contributed by atoms with Gasteiger partial charge in [0.2, 0.25) is 0 Å². The molecule has 1 amide bonds. The Morgan fingerprint density at radius 1 is 1.15 bits per heavy atom. The summed E-state index contributed by atoms with van der Waals surface area (Å²) in [6, 6.07) is 9.83. The molecule has 0 bridgehead atoms. The number of ether oxygens (including phenoxy) is 2. The molecule has 0 unspecified atom stereocenters. The molecule has 6 nitrogen and oxygen atoms in total. The molecular formula is C21H23N3O3. The standard InChI is InChI=1S/C21H23N3O3/c1-4-19-22-20(16-7-5-6-9-24(16)19)21(25)23-10-8-14-11-17(26-2)18(27-3)12-15(14)13-23/h5-7,9,11-12H,4,8,10,13H2,1-3H3. The second kappa shape index (κ2) is 6.95. The van der Waals surface area contributed by atoms with E-state index < -0.39 is 0 Å². The topological polar surface area (TPSA) is 56.1 Å². The van der Waals surface area contributed by atoms with Gasteiger partial charge in [0.05, 0.1) is 19.7 Å². The summed E-state index contributed by atoms with van der Waals surface area (Å²) >= 11 is 0. The number of pyridine rings is 1. The van der Waals surface area contributed by atoms with Gasteiger partial charge in [0, 0.05) is 25.7 Å². The lowest BCUT2D eigenvalue weighted by atomic mass is 9.98. The van der Waals surface area contributed by atoms with E-state index in [0.717, 1.165) is 35.5 Å². The van der Waals surface area contributed by atoms with E-state index >= 15 is 0 Å². The van der Waals surface area contributed by atoms with Gasteiger partial charge >= 0.3 is 0 Å². The molecule has 4 rings (SSSR count). The predicted molar refractivity (Wildman–Crippen MR) is 103 cm³/mol. The minimum absolute atomic E-state index is 0.0289. The summed E-state index contributed by atoms with van der Waals surface area (Å²) in [4.78, 5) is 19.7. The molecular weight excluding hydrogens is 342 g/mol. The zero-order valence-corrected chi connectivity index (χ0v) is 15.9. The smallest absolute Gasteiger partial charge is 0.275 e. The van der Waals surface area contributed by atoms with Crippen molar-refractivity contribution in [2.45, 2.75) is 26.3 Å². The third kappa shape index (κ3) is 2.91. The first-order chi connectivity index (χ1) is 13.2. The quantitative estimate of drug-likeness (QED) is 0.713. The number of methoxy groups -OCH3 is 2. The van der Waals surface area contributed by atoms with Gasteiger partial charge in [-0.15, -0.1) is 0 Å². The molecule has 0 aliphatic carbocycles. The lowest BCUT2D eigenvalue weighted by Gasteiger charge is -2.29. The van der Waals surface area contributed by atoms with E-state index in [-0.39, 0.29) is 5.91 Å². The Kier molecular flexibility index (Phi) is 4.48. The Balaban J connectivity index is 1.67. The minimum Gasteiger partial charge on any atom is -0.493 e. The molecule has 0 fully saturated rings. The monoisotopic (exact) mass is 365 g/mol. The van der Waals surface area contributed by atoms with Crippen LogP contribution < -0.4 is 9.47 Å². The number of amides is 1. The molecule has 0 atom stereocenters. The third-order valence-electron chi connectivity index (χ3n) is 5.15. The fourth-order valence-electron chi connectivity index (χ4n) is 3.71. The molecule has 0 spiro atoms. The fraction of sp³-hybridized carbons (Fsp3) is 0.333. The Hall–Kier alpha value is -3.02. The molecule has 3 heterocycles.